The monoisotopic (exact) mass is 637 g/mol. The third kappa shape index (κ3) is 5.99. The maximum Gasteiger partial charge on any atom is 2.00 e. The second kappa shape index (κ2) is 11.7. The summed E-state index contributed by atoms with van der Waals surface area (Å²) in [5, 5.41) is 16.4. The van der Waals surface area contributed by atoms with Crippen LogP contribution in [0.25, 0.3) is 45.6 Å². The Morgan fingerprint density at radius 1 is 0.457 bits per heavy atom. The van der Waals surface area contributed by atoms with Gasteiger partial charge in [-0.1, -0.05) is 72.1 Å². The second-order valence-corrected chi connectivity index (χ2v) is 7.11. The van der Waals surface area contributed by atoms with Gasteiger partial charge >= 0.3 is 21.1 Å². The molecule has 0 aliphatic heterocycles. The minimum atomic E-state index is 0. The third-order valence-corrected chi connectivity index (χ3v) is 4.81. The number of rotatable bonds is 4. The van der Waals surface area contributed by atoms with Crippen molar-refractivity contribution in [2.45, 2.75) is 0 Å². The van der Waals surface area contributed by atoms with Crippen molar-refractivity contribution in [2.24, 2.45) is 0 Å². The molecule has 8 nitrogen and oxygen atoms in total. The van der Waals surface area contributed by atoms with Gasteiger partial charge in [0.05, 0.1) is 0 Å². The Labute approximate surface area is 216 Å². The van der Waals surface area contributed by atoms with Crippen LogP contribution in [-0.2, 0) is 21.1 Å². The molecule has 9 heteroatoms. The zero-order chi connectivity index (χ0) is 23.0. The second-order valence-electron chi connectivity index (χ2n) is 7.11. The molecule has 0 aliphatic carbocycles. The van der Waals surface area contributed by atoms with Gasteiger partial charge in [-0.3, -0.25) is 0 Å². The molecule has 0 bridgehead atoms. The van der Waals surface area contributed by atoms with Crippen molar-refractivity contribution in [1.82, 2.24) is 40.3 Å². The Morgan fingerprint density at radius 2 is 0.829 bits per heavy atom. The fourth-order valence-electron chi connectivity index (χ4n) is 3.17. The fraction of sp³-hybridized carbons (Fsp3) is 0. The average Bonchev–Trinajstić information content (AvgIpc) is 3.62. The summed E-state index contributed by atoms with van der Waals surface area (Å²) in [6.45, 7) is 0. The molecule has 0 fully saturated rings. The fourth-order valence-corrected chi connectivity index (χ4v) is 3.17. The molecule has 0 saturated carbocycles. The topological polar surface area (TPSA) is 106 Å². The van der Waals surface area contributed by atoms with E-state index in [1.807, 2.05) is 72.8 Å². The molecule has 0 N–H and O–H groups in total. The molecule has 0 unspecified atom stereocenters. The van der Waals surface area contributed by atoms with Crippen molar-refractivity contribution in [1.29, 1.82) is 0 Å². The van der Waals surface area contributed by atoms with Crippen LogP contribution in [0, 0.1) is 0 Å². The Bertz CT molecular complexity index is 1220. The molecule has 4 aromatic heterocycles. The number of hydrogen-bond donors (Lipinski definition) is 0. The van der Waals surface area contributed by atoms with Gasteiger partial charge in [-0.25, -0.2) is 19.9 Å². The summed E-state index contributed by atoms with van der Waals surface area (Å²) in [4.78, 5) is 16.6. The first-order valence-electron chi connectivity index (χ1n) is 10.5. The largest absolute Gasteiger partial charge is 2.00 e. The molecule has 35 heavy (non-hydrogen) atoms. The summed E-state index contributed by atoms with van der Waals surface area (Å²) in [5.74, 6) is 1.20. The first-order chi connectivity index (χ1) is 16.9. The van der Waals surface area contributed by atoms with Crippen molar-refractivity contribution in [2.75, 3.05) is 0 Å². The summed E-state index contributed by atoms with van der Waals surface area (Å²) in [6, 6.07) is 27.2. The first-order valence-corrected chi connectivity index (χ1v) is 10.5. The predicted molar refractivity (Wildman–Crippen MR) is 128 cm³/mol. The molecule has 4 heterocycles. The number of aromatic nitrogens is 8. The van der Waals surface area contributed by atoms with Crippen LogP contribution in [-0.4, -0.2) is 30.1 Å². The van der Waals surface area contributed by atoms with E-state index in [1.165, 1.54) is 0 Å². The molecule has 6 rings (SSSR count). The van der Waals surface area contributed by atoms with Crippen molar-refractivity contribution in [3.8, 4) is 45.6 Å². The van der Waals surface area contributed by atoms with Crippen LogP contribution in [0.3, 0.4) is 0 Å². The SMILES string of the molecule is [Pt+2].c1ccc(-c2cc(-c3ncccn3)[n-]n2)cc1.c1ccc(-c2cc(-c3ncccn3)[n-]n2)cc1. The number of benzene rings is 2. The Balaban J connectivity index is 0.000000160. The summed E-state index contributed by atoms with van der Waals surface area (Å²) in [5.41, 5.74) is 5.17. The van der Waals surface area contributed by atoms with Gasteiger partial charge in [0.1, 0.15) is 11.6 Å². The first kappa shape index (κ1) is 23.9. The van der Waals surface area contributed by atoms with E-state index in [0.717, 1.165) is 22.5 Å². The Hall–Kier alpha value is -4.29. The summed E-state index contributed by atoms with van der Waals surface area (Å²) in [6.07, 6.45) is 6.77. The van der Waals surface area contributed by atoms with Crippen molar-refractivity contribution in [3.63, 3.8) is 0 Å². The van der Waals surface area contributed by atoms with E-state index in [1.54, 1.807) is 36.9 Å². The molecule has 0 radical (unpaired) electrons. The average molecular weight is 638 g/mol. The molecule has 0 saturated heterocycles. The van der Waals surface area contributed by atoms with Gasteiger partial charge in [-0.05, 0) is 35.4 Å². The van der Waals surface area contributed by atoms with E-state index in [9.17, 15) is 0 Å². The van der Waals surface area contributed by atoms with Crippen LogP contribution in [0.1, 0.15) is 0 Å². The summed E-state index contributed by atoms with van der Waals surface area (Å²) in [7, 11) is 0. The van der Waals surface area contributed by atoms with Crippen LogP contribution in [0.4, 0.5) is 0 Å². The Morgan fingerprint density at radius 3 is 1.20 bits per heavy atom. The van der Waals surface area contributed by atoms with Gasteiger partial charge in [0.25, 0.3) is 0 Å². The molecule has 172 valence electrons. The normalized spacial score (nSPS) is 10.1. The van der Waals surface area contributed by atoms with Gasteiger partial charge in [-0.15, -0.1) is 0 Å². The van der Waals surface area contributed by atoms with E-state index in [-0.39, 0.29) is 21.1 Å². The maximum atomic E-state index is 4.14. The number of hydrogen-bond acceptors (Lipinski definition) is 6. The van der Waals surface area contributed by atoms with Crippen LogP contribution in [0.2, 0.25) is 0 Å². The molecular weight excluding hydrogens is 619 g/mol. The molecule has 0 amide bonds. The van der Waals surface area contributed by atoms with Gasteiger partial charge in [0, 0.05) is 36.2 Å². The van der Waals surface area contributed by atoms with Crippen molar-refractivity contribution >= 4 is 0 Å². The van der Waals surface area contributed by atoms with Crippen LogP contribution in [0.15, 0.2) is 110 Å². The molecule has 0 spiro atoms. The van der Waals surface area contributed by atoms with E-state index in [4.69, 9.17) is 0 Å². The van der Waals surface area contributed by atoms with E-state index >= 15 is 0 Å². The quantitative estimate of drug-likeness (QED) is 0.282. The predicted octanol–water partition coefficient (Wildman–Crippen LogP) is 4.32. The minimum Gasteiger partial charge on any atom is -0.572 e. The molecule has 6 aromatic rings. The van der Waals surface area contributed by atoms with E-state index in [0.29, 0.717) is 23.0 Å². The summed E-state index contributed by atoms with van der Waals surface area (Å²) < 4.78 is 0. The minimum absolute atomic E-state index is 0. The third-order valence-electron chi connectivity index (χ3n) is 4.81. The number of nitrogens with zero attached hydrogens (tertiary/aromatic N) is 8. The van der Waals surface area contributed by atoms with Crippen LogP contribution >= 0.6 is 0 Å². The van der Waals surface area contributed by atoms with E-state index < -0.39 is 0 Å². The van der Waals surface area contributed by atoms with Crippen molar-refractivity contribution < 1.29 is 21.1 Å². The standard InChI is InChI=1S/2C13H9N4.Pt/c2*1-2-5-10(6-3-1)11-9-12(17-16-11)13-14-7-4-8-15-13;/h2*1-9H;/q2*-1;+2. The van der Waals surface area contributed by atoms with Gasteiger partial charge in [-0.2, -0.15) is 0 Å². The summed E-state index contributed by atoms with van der Waals surface area (Å²) >= 11 is 0. The zero-order valence-electron chi connectivity index (χ0n) is 18.3. The van der Waals surface area contributed by atoms with Gasteiger partial charge < -0.3 is 20.4 Å². The molecule has 0 atom stereocenters. The van der Waals surface area contributed by atoms with E-state index in [2.05, 4.69) is 40.3 Å². The molecule has 0 aliphatic rings. The van der Waals surface area contributed by atoms with Crippen LogP contribution in [0.5, 0.6) is 0 Å². The zero-order valence-corrected chi connectivity index (χ0v) is 20.6. The van der Waals surface area contributed by atoms with Gasteiger partial charge in [0.15, 0.2) is 0 Å². The maximum absolute atomic E-state index is 4.14. The van der Waals surface area contributed by atoms with Crippen molar-refractivity contribution in [3.05, 3.63) is 110 Å². The Kier molecular flexibility index (Phi) is 7.99. The molecular formula is C26H18N8Pt. The van der Waals surface area contributed by atoms with Crippen LogP contribution < -0.4 is 10.2 Å². The molecule has 2 aromatic carbocycles. The van der Waals surface area contributed by atoms with Gasteiger partial charge in [0.2, 0.25) is 0 Å². The smallest absolute Gasteiger partial charge is 0.572 e.